The molecule has 1 fully saturated rings. The molecule has 0 radical (unpaired) electrons. The van der Waals surface area contributed by atoms with Gasteiger partial charge in [-0.15, -0.1) is 0 Å². The van der Waals surface area contributed by atoms with Gasteiger partial charge in [0.05, 0.1) is 13.2 Å². The van der Waals surface area contributed by atoms with Crippen molar-refractivity contribution in [2.24, 2.45) is 5.41 Å². The summed E-state index contributed by atoms with van der Waals surface area (Å²) in [5.74, 6) is 0. The number of hydrogen-bond acceptors (Lipinski definition) is 2. The molecule has 0 amide bonds. The molecule has 1 aromatic carbocycles. The molecule has 3 heteroatoms. The maximum Gasteiger partial charge on any atom is 0.184 e. The topological polar surface area (TPSA) is 18.5 Å². The fraction of sp³-hybridized carbons (Fsp3) is 0.625. The van der Waals surface area contributed by atoms with Gasteiger partial charge < -0.3 is 9.47 Å². The molecule has 1 saturated heterocycles. The molecule has 0 aliphatic carbocycles. The van der Waals surface area contributed by atoms with E-state index in [1.54, 1.807) is 0 Å². The van der Waals surface area contributed by atoms with Gasteiger partial charge in [-0.1, -0.05) is 44.9 Å². The van der Waals surface area contributed by atoms with Crippen molar-refractivity contribution < 1.29 is 9.47 Å². The van der Waals surface area contributed by atoms with Gasteiger partial charge in [-0.2, -0.15) is 0 Å². The lowest BCUT2D eigenvalue weighted by Crippen LogP contribution is -2.34. The predicted molar refractivity (Wildman–Crippen MR) is 78.5 cm³/mol. The molecular weight excluding hydrogens is 260 g/mol. The van der Waals surface area contributed by atoms with Gasteiger partial charge in [0.25, 0.3) is 0 Å². The predicted octanol–water partition coefficient (Wildman–Crippen LogP) is 4.75. The first kappa shape index (κ1) is 14.8. The molecule has 1 heterocycles. The molecule has 0 spiro atoms. The van der Waals surface area contributed by atoms with Gasteiger partial charge in [-0.3, -0.25) is 0 Å². The summed E-state index contributed by atoms with van der Waals surface area (Å²) in [7, 11) is 0. The van der Waals surface area contributed by atoms with Crippen molar-refractivity contribution in [3.8, 4) is 0 Å². The van der Waals surface area contributed by atoms with E-state index in [4.69, 9.17) is 21.1 Å². The van der Waals surface area contributed by atoms with E-state index in [0.29, 0.717) is 0 Å². The van der Waals surface area contributed by atoms with E-state index in [0.717, 1.165) is 30.2 Å². The van der Waals surface area contributed by atoms with Crippen LogP contribution >= 0.6 is 11.6 Å². The molecular formula is C16H23ClO2. The first-order valence-electron chi connectivity index (χ1n) is 7.03. The van der Waals surface area contributed by atoms with E-state index in [2.05, 4.69) is 26.8 Å². The van der Waals surface area contributed by atoms with Crippen molar-refractivity contribution in [1.29, 1.82) is 0 Å². The first-order chi connectivity index (χ1) is 9.02. The van der Waals surface area contributed by atoms with Crippen molar-refractivity contribution in [3.05, 3.63) is 34.3 Å². The third kappa shape index (κ3) is 3.95. The molecule has 1 aliphatic heterocycles. The fourth-order valence-corrected chi connectivity index (χ4v) is 2.43. The Hall–Kier alpha value is -0.570. The monoisotopic (exact) mass is 282 g/mol. The maximum atomic E-state index is 6.12. The van der Waals surface area contributed by atoms with Gasteiger partial charge in [-0.05, 0) is 30.5 Å². The standard InChI is InChI=1S/C16H23ClO2/c1-4-5-6-12-7-8-13(17)9-14(12)15-18-10-16(2,3)11-19-15/h7-9,15H,4-6,10-11H2,1-3H3. The van der Waals surface area contributed by atoms with Crippen LogP contribution in [-0.4, -0.2) is 13.2 Å². The molecule has 0 N–H and O–H groups in total. The number of aryl methyl sites for hydroxylation is 1. The average molecular weight is 283 g/mol. The number of ether oxygens (including phenoxy) is 2. The highest BCUT2D eigenvalue weighted by Crippen LogP contribution is 2.34. The van der Waals surface area contributed by atoms with Crippen LogP contribution in [0.4, 0.5) is 0 Å². The van der Waals surface area contributed by atoms with Crippen LogP contribution in [0.5, 0.6) is 0 Å². The van der Waals surface area contributed by atoms with Crippen LogP contribution in [-0.2, 0) is 15.9 Å². The Labute approximate surface area is 121 Å². The Morgan fingerprint density at radius 1 is 1.26 bits per heavy atom. The quantitative estimate of drug-likeness (QED) is 0.793. The number of rotatable bonds is 4. The van der Waals surface area contributed by atoms with Crippen molar-refractivity contribution in [2.75, 3.05) is 13.2 Å². The second-order valence-corrected chi connectivity index (χ2v) is 6.50. The zero-order valence-corrected chi connectivity index (χ0v) is 12.8. The Morgan fingerprint density at radius 3 is 2.58 bits per heavy atom. The lowest BCUT2D eigenvalue weighted by atomic mass is 9.94. The Morgan fingerprint density at radius 2 is 1.95 bits per heavy atom. The second kappa shape index (κ2) is 6.25. The SMILES string of the molecule is CCCCc1ccc(Cl)cc1C1OCC(C)(C)CO1. The van der Waals surface area contributed by atoms with E-state index >= 15 is 0 Å². The molecule has 0 aromatic heterocycles. The molecule has 19 heavy (non-hydrogen) atoms. The minimum Gasteiger partial charge on any atom is -0.348 e. The second-order valence-electron chi connectivity index (χ2n) is 6.06. The van der Waals surface area contributed by atoms with E-state index in [1.807, 2.05) is 12.1 Å². The molecule has 0 saturated carbocycles. The number of hydrogen-bond donors (Lipinski definition) is 0. The smallest absolute Gasteiger partial charge is 0.184 e. The average Bonchev–Trinajstić information content (AvgIpc) is 2.37. The molecule has 2 nitrogen and oxygen atoms in total. The Kier molecular flexibility index (Phi) is 4.88. The summed E-state index contributed by atoms with van der Waals surface area (Å²) in [6.07, 6.45) is 3.14. The van der Waals surface area contributed by atoms with E-state index in [1.165, 1.54) is 18.4 Å². The van der Waals surface area contributed by atoms with Crippen LogP contribution < -0.4 is 0 Å². The zero-order valence-electron chi connectivity index (χ0n) is 12.0. The molecule has 1 aromatic rings. The minimum atomic E-state index is -0.265. The van der Waals surface area contributed by atoms with Crippen molar-refractivity contribution >= 4 is 11.6 Å². The first-order valence-corrected chi connectivity index (χ1v) is 7.41. The van der Waals surface area contributed by atoms with Gasteiger partial charge in [0.2, 0.25) is 0 Å². The molecule has 106 valence electrons. The van der Waals surface area contributed by atoms with E-state index in [-0.39, 0.29) is 11.7 Å². The summed E-state index contributed by atoms with van der Waals surface area (Å²) in [4.78, 5) is 0. The summed E-state index contributed by atoms with van der Waals surface area (Å²) < 4.78 is 11.7. The number of benzene rings is 1. The van der Waals surface area contributed by atoms with E-state index < -0.39 is 0 Å². The van der Waals surface area contributed by atoms with Crippen LogP contribution in [0.15, 0.2) is 18.2 Å². The van der Waals surface area contributed by atoms with Crippen molar-refractivity contribution in [2.45, 2.75) is 46.3 Å². The fourth-order valence-electron chi connectivity index (χ4n) is 2.25. The van der Waals surface area contributed by atoms with Crippen LogP contribution in [0, 0.1) is 5.41 Å². The summed E-state index contributed by atoms with van der Waals surface area (Å²) in [6.45, 7) is 7.94. The molecule has 0 bridgehead atoms. The lowest BCUT2D eigenvalue weighted by Gasteiger charge is -2.35. The van der Waals surface area contributed by atoms with Crippen LogP contribution in [0.25, 0.3) is 0 Å². The Bertz CT molecular complexity index is 419. The zero-order chi connectivity index (χ0) is 13.9. The summed E-state index contributed by atoms with van der Waals surface area (Å²) >= 11 is 6.12. The maximum absolute atomic E-state index is 6.12. The van der Waals surface area contributed by atoms with E-state index in [9.17, 15) is 0 Å². The highest BCUT2D eigenvalue weighted by atomic mass is 35.5. The highest BCUT2D eigenvalue weighted by molar-refractivity contribution is 6.30. The van der Waals surface area contributed by atoms with Gasteiger partial charge in [-0.25, -0.2) is 0 Å². The summed E-state index contributed by atoms with van der Waals surface area (Å²) in [5, 5.41) is 0.743. The number of halogens is 1. The van der Waals surface area contributed by atoms with Gasteiger partial charge in [0.1, 0.15) is 0 Å². The molecule has 0 atom stereocenters. The van der Waals surface area contributed by atoms with Gasteiger partial charge >= 0.3 is 0 Å². The molecule has 2 rings (SSSR count). The summed E-state index contributed by atoms with van der Waals surface area (Å²) in [6, 6.07) is 6.03. The van der Waals surface area contributed by atoms with Crippen molar-refractivity contribution in [1.82, 2.24) is 0 Å². The third-order valence-corrected chi connectivity index (χ3v) is 3.65. The minimum absolute atomic E-state index is 0.0959. The van der Waals surface area contributed by atoms with Crippen LogP contribution in [0.1, 0.15) is 51.0 Å². The Balaban J connectivity index is 2.16. The number of unbranched alkanes of at least 4 members (excludes halogenated alkanes) is 1. The van der Waals surface area contributed by atoms with Gasteiger partial charge in [0.15, 0.2) is 6.29 Å². The van der Waals surface area contributed by atoms with Gasteiger partial charge in [0, 0.05) is 16.0 Å². The van der Waals surface area contributed by atoms with Crippen molar-refractivity contribution in [3.63, 3.8) is 0 Å². The third-order valence-electron chi connectivity index (χ3n) is 3.41. The largest absolute Gasteiger partial charge is 0.348 e. The summed E-state index contributed by atoms with van der Waals surface area (Å²) in [5.41, 5.74) is 2.48. The molecule has 0 unspecified atom stereocenters. The lowest BCUT2D eigenvalue weighted by molar-refractivity contribution is -0.226. The highest BCUT2D eigenvalue weighted by Gasteiger charge is 2.30. The van der Waals surface area contributed by atoms with Crippen LogP contribution in [0.3, 0.4) is 0 Å². The molecule has 1 aliphatic rings. The van der Waals surface area contributed by atoms with Crippen LogP contribution in [0.2, 0.25) is 5.02 Å². The normalized spacial score (nSPS) is 19.6.